The third-order valence-corrected chi connectivity index (χ3v) is 5.37. The Morgan fingerprint density at radius 1 is 1.20 bits per heavy atom. The molecule has 0 aromatic heterocycles. The molecular formula is C18H33IN4O2. The lowest BCUT2D eigenvalue weighted by atomic mass is 10.1. The highest BCUT2D eigenvalue weighted by Gasteiger charge is 2.32. The molecule has 2 aliphatic heterocycles. The van der Waals surface area contributed by atoms with Crippen molar-refractivity contribution in [3.05, 3.63) is 0 Å². The molecule has 0 bridgehead atoms. The van der Waals surface area contributed by atoms with E-state index in [1.807, 2.05) is 0 Å². The van der Waals surface area contributed by atoms with Gasteiger partial charge in [-0.15, -0.1) is 24.0 Å². The molecule has 6 nitrogen and oxygen atoms in total. The first kappa shape index (κ1) is 20.7. The summed E-state index contributed by atoms with van der Waals surface area (Å²) in [6, 6.07) is 0.303. The van der Waals surface area contributed by atoms with Gasteiger partial charge in [0.05, 0.1) is 12.6 Å². The minimum Gasteiger partial charge on any atom is -0.376 e. The topological polar surface area (TPSA) is 66.0 Å². The average molecular weight is 464 g/mol. The summed E-state index contributed by atoms with van der Waals surface area (Å²) in [6.45, 7) is 6.18. The summed E-state index contributed by atoms with van der Waals surface area (Å²) < 4.78 is 5.64. The molecule has 0 aromatic carbocycles. The molecule has 0 radical (unpaired) electrons. The Morgan fingerprint density at radius 2 is 2.00 bits per heavy atom. The number of nitrogens with one attached hydrogen (secondary N) is 2. The van der Waals surface area contributed by atoms with Gasteiger partial charge in [-0.25, -0.2) is 0 Å². The van der Waals surface area contributed by atoms with Crippen LogP contribution >= 0.6 is 24.0 Å². The fourth-order valence-electron chi connectivity index (χ4n) is 4.00. The molecular weight excluding hydrogens is 431 g/mol. The van der Waals surface area contributed by atoms with Gasteiger partial charge in [-0.1, -0.05) is 12.8 Å². The Kier molecular flexibility index (Phi) is 8.75. The molecule has 2 saturated heterocycles. The lowest BCUT2D eigenvalue weighted by Gasteiger charge is -2.21. The van der Waals surface area contributed by atoms with Crippen LogP contribution in [0, 0.1) is 5.92 Å². The van der Waals surface area contributed by atoms with Gasteiger partial charge in [0.2, 0.25) is 5.91 Å². The van der Waals surface area contributed by atoms with E-state index < -0.39 is 0 Å². The number of hydrogen-bond donors (Lipinski definition) is 2. The van der Waals surface area contributed by atoms with Crippen LogP contribution in [-0.2, 0) is 9.53 Å². The minimum absolute atomic E-state index is 0. The highest BCUT2D eigenvalue weighted by molar-refractivity contribution is 14.0. The van der Waals surface area contributed by atoms with Crippen molar-refractivity contribution in [2.75, 3.05) is 32.8 Å². The number of guanidine groups is 1. The molecule has 1 amide bonds. The van der Waals surface area contributed by atoms with Crippen molar-refractivity contribution in [2.45, 2.75) is 64.0 Å². The summed E-state index contributed by atoms with van der Waals surface area (Å²) in [7, 11) is 0. The van der Waals surface area contributed by atoms with Gasteiger partial charge in [0, 0.05) is 38.2 Å². The zero-order valence-electron chi connectivity index (χ0n) is 15.3. The van der Waals surface area contributed by atoms with Gasteiger partial charge in [-0.3, -0.25) is 9.79 Å². The van der Waals surface area contributed by atoms with Crippen LogP contribution in [0.4, 0.5) is 0 Å². The van der Waals surface area contributed by atoms with Gasteiger partial charge in [-0.05, 0) is 39.0 Å². The Balaban J connectivity index is 0.00000225. The van der Waals surface area contributed by atoms with Crippen LogP contribution in [0.25, 0.3) is 0 Å². The van der Waals surface area contributed by atoms with E-state index in [2.05, 4.69) is 27.4 Å². The first-order chi connectivity index (χ1) is 11.8. The summed E-state index contributed by atoms with van der Waals surface area (Å²) >= 11 is 0. The number of aliphatic imine (C=N–C) groups is 1. The van der Waals surface area contributed by atoms with Gasteiger partial charge in [0.1, 0.15) is 0 Å². The van der Waals surface area contributed by atoms with E-state index in [0.717, 1.165) is 64.3 Å². The highest BCUT2D eigenvalue weighted by Crippen LogP contribution is 2.27. The SMILES string of the molecule is CCNC(=NCC1CCCO1)NC1CCN(C(=O)C2CCCC2)C1.I. The molecule has 2 heterocycles. The predicted octanol–water partition coefficient (Wildman–Crippen LogP) is 2.13. The number of carbonyl (C=O) groups is 1. The second-order valence-corrected chi connectivity index (χ2v) is 7.25. The van der Waals surface area contributed by atoms with E-state index in [1.54, 1.807) is 0 Å². The lowest BCUT2D eigenvalue weighted by Crippen LogP contribution is -2.45. The standard InChI is InChI=1S/C18H32N4O2.HI/c1-2-19-18(20-12-16-8-5-11-24-16)21-15-9-10-22(13-15)17(23)14-6-3-4-7-14;/h14-16H,2-13H2,1H3,(H2,19,20,21);1H. The van der Waals surface area contributed by atoms with E-state index >= 15 is 0 Å². The molecule has 7 heteroatoms. The van der Waals surface area contributed by atoms with E-state index in [1.165, 1.54) is 12.8 Å². The lowest BCUT2D eigenvalue weighted by molar-refractivity contribution is -0.134. The molecule has 0 aromatic rings. The Labute approximate surface area is 168 Å². The monoisotopic (exact) mass is 464 g/mol. The molecule has 2 atom stereocenters. The molecule has 3 fully saturated rings. The van der Waals surface area contributed by atoms with E-state index in [4.69, 9.17) is 4.74 Å². The summed E-state index contributed by atoms with van der Waals surface area (Å²) in [5, 5.41) is 6.82. The number of halogens is 1. The van der Waals surface area contributed by atoms with Crippen LogP contribution in [0.5, 0.6) is 0 Å². The van der Waals surface area contributed by atoms with E-state index in [-0.39, 0.29) is 36.0 Å². The van der Waals surface area contributed by atoms with Crippen LogP contribution in [0.1, 0.15) is 51.9 Å². The van der Waals surface area contributed by atoms with Crippen molar-refractivity contribution >= 4 is 35.8 Å². The Bertz CT molecular complexity index is 448. The zero-order valence-corrected chi connectivity index (χ0v) is 17.7. The van der Waals surface area contributed by atoms with Crippen LogP contribution < -0.4 is 10.6 Å². The maximum absolute atomic E-state index is 12.5. The maximum Gasteiger partial charge on any atom is 0.225 e. The van der Waals surface area contributed by atoms with Crippen LogP contribution in [0.15, 0.2) is 4.99 Å². The van der Waals surface area contributed by atoms with Gasteiger partial charge in [0.25, 0.3) is 0 Å². The normalized spacial score (nSPS) is 27.4. The quantitative estimate of drug-likeness (QED) is 0.372. The van der Waals surface area contributed by atoms with Crippen LogP contribution in [0.3, 0.4) is 0 Å². The molecule has 2 N–H and O–H groups in total. The second-order valence-electron chi connectivity index (χ2n) is 7.25. The number of amides is 1. The largest absolute Gasteiger partial charge is 0.376 e. The van der Waals surface area contributed by atoms with Crippen molar-refractivity contribution in [3.63, 3.8) is 0 Å². The van der Waals surface area contributed by atoms with Crippen molar-refractivity contribution in [2.24, 2.45) is 10.9 Å². The van der Waals surface area contributed by atoms with Gasteiger partial charge >= 0.3 is 0 Å². The first-order valence-electron chi connectivity index (χ1n) is 9.71. The Morgan fingerprint density at radius 3 is 2.68 bits per heavy atom. The van der Waals surface area contributed by atoms with Gasteiger partial charge < -0.3 is 20.3 Å². The molecule has 144 valence electrons. The number of nitrogens with zero attached hydrogens (tertiary/aromatic N) is 2. The smallest absolute Gasteiger partial charge is 0.225 e. The van der Waals surface area contributed by atoms with Crippen molar-refractivity contribution in [1.29, 1.82) is 0 Å². The highest BCUT2D eigenvalue weighted by atomic mass is 127. The number of hydrogen-bond acceptors (Lipinski definition) is 3. The molecule has 25 heavy (non-hydrogen) atoms. The summed E-state index contributed by atoms with van der Waals surface area (Å²) in [5.74, 6) is 1.51. The van der Waals surface area contributed by atoms with Crippen LogP contribution in [0.2, 0.25) is 0 Å². The van der Waals surface area contributed by atoms with Crippen molar-refractivity contribution in [1.82, 2.24) is 15.5 Å². The van der Waals surface area contributed by atoms with Crippen molar-refractivity contribution < 1.29 is 9.53 Å². The third kappa shape index (κ3) is 5.98. The first-order valence-corrected chi connectivity index (χ1v) is 9.71. The zero-order chi connectivity index (χ0) is 16.8. The second kappa shape index (κ2) is 10.5. The summed E-state index contributed by atoms with van der Waals surface area (Å²) in [4.78, 5) is 19.3. The fourth-order valence-corrected chi connectivity index (χ4v) is 4.00. The third-order valence-electron chi connectivity index (χ3n) is 5.37. The average Bonchev–Trinajstić information content (AvgIpc) is 3.33. The molecule has 3 aliphatic rings. The summed E-state index contributed by atoms with van der Waals surface area (Å²) in [5.41, 5.74) is 0. The molecule has 2 unspecified atom stereocenters. The minimum atomic E-state index is 0. The van der Waals surface area contributed by atoms with Crippen molar-refractivity contribution in [3.8, 4) is 0 Å². The summed E-state index contributed by atoms with van der Waals surface area (Å²) in [6.07, 6.45) is 8.12. The van der Waals surface area contributed by atoms with E-state index in [0.29, 0.717) is 18.5 Å². The number of ether oxygens (including phenoxy) is 1. The van der Waals surface area contributed by atoms with Gasteiger partial charge in [0.15, 0.2) is 5.96 Å². The number of rotatable bonds is 5. The van der Waals surface area contributed by atoms with Gasteiger partial charge in [-0.2, -0.15) is 0 Å². The number of likely N-dealkylation sites (tertiary alicyclic amines) is 1. The van der Waals surface area contributed by atoms with Crippen LogP contribution in [-0.4, -0.2) is 61.7 Å². The number of carbonyl (C=O) groups excluding carboxylic acids is 1. The predicted molar refractivity (Wildman–Crippen MR) is 110 cm³/mol. The molecule has 1 aliphatic carbocycles. The maximum atomic E-state index is 12.5. The fraction of sp³-hybridized carbons (Fsp3) is 0.889. The Hall–Kier alpha value is -0.570. The molecule has 0 spiro atoms. The molecule has 3 rings (SSSR count). The molecule has 1 saturated carbocycles. The van der Waals surface area contributed by atoms with E-state index in [9.17, 15) is 4.79 Å².